The third-order valence-corrected chi connectivity index (χ3v) is 5.99. The fraction of sp³-hybridized carbons (Fsp3) is 0.346. The van der Waals surface area contributed by atoms with Gasteiger partial charge in [0.2, 0.25) is 0 Å². The van der Waals surface area contributed by atoms with Crippen LogP contribution < -0.4 is 15.0 Å². The summed E-state index contributed by atoms with van der Waals surface area (Å²) >= 11 is 0. The maximum absolute atomic E-state index is 12.9. The average Bonchev–Trinajstić information content (AvgIpc) is 3.13. The molecule has 1 aliphatic rings. The lowest BCUT2D eigenvalue weighted by atomic mass is 10.1. The fourth-order valence-electron chi connectivity index (χ4n) is 4.14. The molecule has 1 aliphatic heterocycles. The summed E-state index contributed by atoms with van der Waals surface area (Å²) in [7, 11) is 5.05. The zero-order valence-corrected chi connectivity index (χ0v) is 20.6. The summed E-state index contributed by atoms with van der Waals surface area (Å²) in [5.74, 6) is 1.88. The molecule has 1 aromatic heterocycles. The quantitative estimate of drug-likeness (QED) is 0.595. The van der Waals surface area contributed by atoms with Crippen LogP contribution in [-0.4, -0.2) is 74.1 Å². The van der Waals surface area contributed by atoms with Gasteiger partial charge in [0.1, 0.15) is 5.75 Å². The predicted molar refractivity (Wildman–Crippen MR) is 135 cm³/mol. The first-order valence-electron chi connectivity index (χ1n) is 11.6. The monoisotopic (exact) mass is 477 g/mol. The van der Waals surface area contributed by atoms with Crippen molar-refractivity contribution < 1.29 is 18.7 Å². The van der Waals surface area contributed by atoms with Gasteiger partial charge in [0.15, 0.2) is 11.7 Å². The van der Waals surface area contributed by atoms with Crippen LogP contribution in [0.3, 0.4) is 0 Å². The maximum Gasteiger partial charge on any atom is 0.321 e. The number of aryl methyl sites for hydroxylation is 1. The van der Waals surface area contributed by atoms with Crippen molar-refractivity contribution in [3.05, 3.63) is 60.1 Å². The van der Waals surface area contributed by atoms with Gasteiger partial charge in [-0.1, -0.05) is 6.07 Å². The number of aromatic nitrogens is 1. The molecule has 3 amide bonds. The van der Waals surface area contributed by atoms with Crippen LogP contribution in [0, 0.1) is 6.92 Å². The molecule has 0 radical (unpaired) electrons. The molecular weight excluding hydrogens is 446 g/mol. The molecule has 3 aromatic rings. The summed E-state index contributed by atoms with van der Waals surface area (Å²) in [6, 6.07) is 12.8. The molecule has 4 rings (SSSR count). The van der Waals surface area contributed by atoms with Crippen molar-refractivity contribution >= 4 is 23.3 Å². The molecule has 0 aliphatic carbocycles. The van der Waals surface area contributed by atoms with Gasteiger partial charge in [0.05, 0.1) is 18.9 Å². The number of oxazole rings is 1. The second kappa shape index (κ2) is 10.5. The Morgan fingerprint density at radius 3 is 2.63 bits per heavy atom. The molecule has 0 saturated carbocycles. The minimum Gasteiger partial charge on any atom is -0.496 e. The number of hydrogen-bond donors (Lipinski definition) is 1. The van der Waals surface area contributed by atoms with Gasteiger partial charge in [-0.05, 0) is 36.8 Å². The molecule has 9 nitrogen and oxygen atoms in total. The van der Waals surface area contributed by atoms with Crippen LogP contribution >= 0.6 is 0 Å². The largest absolute Gasteiger partial charge is 0.496 e. The molecule has 2 aromatic carbocycles. The van der Waals surface area contributed by atoms with Crippen LogP contribution in [0.1, 0.15) is 22.7 Å². The van der Waals surface area contributed by atoms with Crippen LogP contribution in [0.15, 0.2) is 53.1 Å². The van der Waals surface area contributed by atoms with Crippen molar-refractivity contribution in [2.24, 2.45) is 0 Å². The normalized spacial score (nSPS) is 13.8. The van der Waals surface area contributed by atoms with E-state index >= 15 is 0 Å². The third kappa shape index (κ3) is 5.56. The number of nitrogens with one attached hydrogen (secondary N) is 1. The van der Waals surface area contributed by atoms with E-state index < -0.39 is 0 Å². The van der Waals surface area contributed by atoms with E-state index in [0.29, 0.717) is 48.3 Å². The lowest BCUT2D eigenvalue weighted by Crippen LogP contribution is -2.38. The highest BCUT2D eigenvalue weighted by molar-refractivity contribution is 5.96. The Balaban J connectivity index is 1.42. The zero-order valence-electron chi connectivity index (χ0n) is 20.6. The van der Waals surface area contributed by atoms with Gasteiger partial charge < -0.3 is 29.2 Å². The number of rotatable bonds is 5. The second-order valence-electron chi connectivity index (χ2n) is 8.67. The smallest absolute Gasteiger partial charge is 0.321 e. The first-order valence-corrected chi connectivity index (χ1v) is 11.6. The summed E-state index contributed by atoms with van der Waals surface area (Å²) in [4.78, 5) is 34.9. The maximum atomic E-state index is 12.9. The molecule has 0 atom stereocenters. The van der Waals surface area contributed by atoms with Gasteiger partial charge >= 0.3 is 6.03 Å². The molecule has 0 bridgehead atoms. The van der Waals surface area contributed by atoms with Crippen LogP contribution in [0.5, 0.6) is 5.75 Å². The summed E-state index contributed by atoms with van der Waals surface area (Å²) in [6.07, 6.45) is 2.53. The van der Waals surface area contributed by atoms with Gasteiger partial charge in [0.25, 0.3) is 5.91 Å². The second-order valence-corrected chi connectivity index (χ2v) is 8.67. The van der Waals surface area contributed by atoms with Gasteiger partial charge in [-0.2, -0.15) is 0 Å². The fourth-order valence-corrected chi connectivity index (χ4v) is 4.14. The molecule has 0 spiro atoms. The van der Waals surface area contributed by atoms with E-state index in [0.717, 1.165) is 24.2 Å². The molecule has 0 unspecified atom stereocenters. The number of ether oxygens (including phenoxy) is 1. The van der Waals surface area contributed by atoms with Crippen LogP contribution in [-0.2, 0) is 0 Å². The Morgan fingerprint density at radius 2 is 1.91 bits per heavy atom. The van der Waals surface area contributed by atoms with E-state index in [1.165, 1.54) is 4.90 Å². The summed E-state index contributed by atoms with van der Waals surface area (Å²) in [5.41, 5.74) is 3.01. The molecule has 35 heavy (non-hydrogen) atoms. The number of carbonyl (C=O) groups is 2. The summed E-state index contributed by atoms with van der Waals surface area (Å²) in [6.45, 7) is 4.54. The Kier molecular flexibility index (Phi) is 7.24. The Hall–Kier alpha value is -4.01. The molecule has 1 fully saturated rings. The van der Waals surface area contributed by atoms with Crippen LogP contribution in [0.25, 0.3) is 11.3 Å². The third-order valence-electron chi connectivity index (χ3n) is 5.99. The van der Waals surface area contributed by atoms with E-state index in [9.17, 15) is 9.59 Å². The van der Waals surface area contributed by atoms with Gasteiger partial charge in [0, 0.05) is 70.2 Å². The Morgan fingerprint density at radius 1 is 1.09 bits per heavy atom. The Bertz CT molecular complexity index is 1210. The van der Waals surface area contributed by atoms with Crippen LogP contribution in [0.2, 0.25) is 0 Å². The number of anilines is 2. The number of nitrogens with zero attached hydrogens (tertiary/aromatic N) is 4. The highest BCUT2D eigenvalue weighted by Crippen LogP contribution is 2.34. The number of amides is 3. The van der Waals surface area contributed by atoms with E-state index in [-0.39, 0.29) is 11.9 Å². The van der Waals surface area contributed by atoms with E-state index in [2.05, 4.69) is 15.2 Å². The van der Waals surface area contributed by atoms with E-state index in [1.807, 2.05) is 30.0 Å². The predicted octanol–water partition coefficient (Wildman–Crippen LogP) is 4.10. The molecule has 9 heteroatoms. The first-order chi connectivity index (χ1) is 16.9. The number of benzene rings is 2. The van der Waals surface area contributed by atoms with Crippen molar-refractivity contribution in [3.63, 3.8) is 0 Å². The van der Waals surface area contributed by atoms with Crippen molar-refractivity contribution in [1.29, 1.82) is 0 Å². The standard InChI is InChI=1S/C26H31N5O4/c1-18-27-17-24(35-18)22-10-9-21(16-23(22)34-4)30-11-6-12-31(14-13-30)26(33)28-20-8-5-7-19(15-20)25(32)29(2)3/h5,7-10,15-17H,6,11-14H2,1-4H3,(H,28,33). The van der Waals surface area contributed by atoms with E-state index in [1.54, 1.807) is 51.7 Å². The average molecular weight is 478 g/mol. The summed E-state index contributed by atoms with van der Waals surface area (Å²) in [5, 5.41) is 2.94. The number of methoxy groups -OCH3 is 1. The molecule has 184 valence electrons. The van der Waals surface area contributed by atoms with Crippen molar-refractivity contribution in [2.45, 2.75) is 13.3 Å². The number of urea groups is 1. The topological polar surface area (TPSA) is 91.2 Å². The van der Waals surface area contributed by atoms with Crippen molar-refractivity contribution in [1.82, 2.24) is 14.8 Å². The van der Waals surface area contributed by atoms with Crippen molar-refractivity contribution in [3.8, 4) is 17.1 Å². The zero-order chi connectivity index (χ0) is 24.9. The minimum absolute atomic E-state index is 0.105. The minimum atomic E-state index is -0.171. The van der Waals surface area contributed by atoms with E-state index in [4.69, 9.17) is 9.15 Å². The SMILES string of the molecule is COc1cc(N2CCCN(C(=O)Nc3cccc(C(=O)N(C)C)c3)CC2)ccc1-c1cnc(C)o1. The highest BCUT2D eigenvalue weighted by atomic mass is 16.5. The first kappa shape index (κ1) is 24.1. The Labute approximate surface area is 205 Å². The molecule has 1 N–H and O–H groups in total. The van der Waals surface area contributed by atoms with Crippen molar-refractivity contribution in [2.75, 3.05) is 57.6 Å². The van der Waals surface area contributed by atoms with Crippen LogP contribution in [0.4, 0.5) is 16.2 Å². The van der Waals surface area contributed by atoms with Gasteiger partial charge in [-0.25, -0.2) is 9.78 Å². The molecular formula is C26H31N5O4. The van der Waals surface area contributed by atoms with Gasteiger partial charge in [-0.15, -0.1) is 0 Å². The molecule has 2 heterocycles. The lowest BCUT2D eigenvalue weighted by Gasteiger charge is -2.24. The number of hydrogen-bond acceptors (Lipinski definition) is 6. The number of carbonyl (C=O) groups excluding carboxylic acids is 2. The highest BCUT2D eigenvalue weighted by Gasteiger charge is 2.21. The molecule has 1 saturated heterocycles. The summed E-state index contributed by atoms with van der Waals surface area (Å²) < 4.78 is 11.3. The lowest BCUT2D eigenvalue weighted by molar-refractivity contribution is 0.0827. The van der Waals surface area contributed by atoms with Gasteiger partial charge in [-0.3, -0.25) is 4.79 Å².